The Kier molecular flexibility index (Phi) is 7.25. The van der Waals surface area contributed by atoms with Crippen molar-refractivity contribution in [1.29, 1.82) is 0 Å². The molecule has 2 heterocycles. The van der Waals surface area contributed by atoms with Gasteiger partial charge in [-0.1, -0.05) is 35.9 Å². The number of piperazine rings is 1. The molecule has 3 aromatic rings. The van der Waals surface area contributed by atoms with Crippen molar-refractivity contribution >= 4 is 27.6 Å². The summed E-state index contributed by atoms with van der Waals surface area (Å²) in [6.45, 7) is 4.41. The van der Waals surface area contributed by atoms with Crippen LogP contribution in [-0.4, -0.2) is 67.5 Å². The second kappa shape index (κ2) is 10.4. The molecule has 9 nitrogen and oxygen atoms in total. The van der Waals surface area contributed by atoms with Gasteiger partial charge in [0.05, 0.1) is 11.2 Å². The minimum atomic E-state index is -4.28. The van der Waals surface area contributed by atoms with E-state index in [1.165, 1.54) is 35.4 Å². The minimum absolute atomic E-state index is 0.0837. The quantitative estimate of drug-likeness (QED) is 0.546. The third kappa shape index (κ3) is 5.18. The molecule has 0 bridgehead atoms. The molecule has 0 spiro atoms. The van der Waals surface area contributed by atoms with Crippen molar-refractivity contribution < 1.29 is 27.2 Å². The molecule has 36 heavy (non-hydrogen) atoms. The summed E-state index contributed by atoms with van der Waals surface area (Å²) in [4.78, 5) is 42.0. The second-order valence-corrected chi connectivity index (χ2v) is 10.7. The van der Waals surface area contributed by atoms with Crippen LogP contribution in [0, 0.1) is 13.8 Å². The fourth-order valence-corrected chi connectivity index (χ4v) is 5.48. The lowest BCUT2D eigenvalue weighted by atomic mass is 10.1. The number of carbonyl (C=O) groups excluding carboxylic acids is 3. The van der Waals surface area contributed by atoms with Crippen LogP contribution in [0.15, 0.2) is 76.2 Å². The summed E-state index contributed by atoms with van der Waals surface area (Å²) < 4.78 is 32.0. The maximum atomic E-state index is 13.5. The third-order valence-corrected chi connectivity index (χ3v) is 8.01. The van der Waals surface area contributed by atoms with Crippen molar-refractivity contribution in [2.45, 2.75) is 24.1 Å². The highest BCUT2D eigenvalue weighted by Gasteiger charge is 2.40. The average molecular weight is 510 g/mol. The van der Waals surface area contributed by atoms with Crippen LogP contribution in [0.1, 0.15) is 32.0 Å². The zero-order valence-electron chi connectivity index (χ0n) is 20.0. The molecule has 0 aliphatic carbocycles. The van der Waals surface area contributed by atoms with Crippen LogP contribution in [0.2, 0.25) is 0 Å². The first-order chi connectivity index (χ1) is 17.2. The van der Waals surface area contributed by atoms with Crippen LogP contribution < -0.4 is 5.32 Å². The molecule has 1 fully saturated rings. The molecule has 1 aliphatic rings. The molecule has 0 unspecified atom stereocenters. The number of rotatable bonds is 6. The molecule has 3 amide bonds. The van der Waals surface area contributed by atoms with Gasteiger partial charge in [-0.05, 0) is 49.7 Å². The number of benzene rings is 2. The second-order valence-electron chi connectivity index (χ2n) is 8.62. The summed E-state index contributed by atoms with van der Waals surface area (Å²) >= 11 is 0. The highest BCUT2D eigenvalue weighted by atomic mass is 32.2. The van der Waals surface area contributed by atoms with Gasteiger partial charge in [0.2, 0.25) is 15.2 Å². The van der Waals surface area contributed by atoms with Gasteiger partial charge in [0, 0.05) is 31.7 Å². The van der Waals surface area contributed by atoms with E-state index in [4.69, 9.17) is 4.42 Å². The van der Waals surface area contributed by atoms with E-state index >= 15 is 0 Å². The van der Waals surface area contributed by atoms with E-state index in [1.807, 2.05) is 26.0 Å². The Morgan fingerprint density at radius 3 is 2.11 bits per heavy atom. The molecular formula is C26H27N3O6S. The molecule has 1 atom stereocenters. The molecule has 188 valence electrons. The molecule has 0 radical (unpaired) electrons. The summed E-state index contributed by atoms with van der Waals surface area (Å²) in [5.74, 6) is -1.84. The van der Waals surface area contributed by atoms with E-state index in [-0.39, 0.29) is 42.7 Å². The van der Waals surface area contributed by atoms with Crippen LogP contribution in [0.5, 0.6) is 0 Å². The highest BCUT2D eigenvalue weighted by Crippen LogP contribution is 2.20. The van der Waals surface area contributed by atoms with Gasteiger partial charge in [-0.3, -0.25) is 14.4 Å². The molecule has 2 aromatic carbocycles. The van der Waals surface area contributed by atoms with Crippen molar-refractivity contribution in [2.75, 3.05) is 26.2 Å². The Morgan fingerprint density at radius 2 is 1.50 bits per heavy atom. The highest BCUT2D eigenvalue weighted by molar-refractivity contribution is 7.92. The summed E-state index contributed by atoms with van der Waals surface area (Å²) in [5, 5.41) is 0.494. The average Bonchev–Trinajstić information content (AvgIpc) is 3.42. The smallest absolute Gasteiger partial charge is 0.288 e. The van der Waals surface area contributed by atoms with Gasteiger partial charge in [0.25, 0.3) is 17.7 Å². The van der Waals surface area contributed by atoms with Crippen LogP contribution in [0.25, 0.3) is 0 Å². The predicted molar refractivity (Wildman–Crippen MR) is 132 cm³/mol. The number of nitrogens with one attached hydrogen (secondary N) is 1. The first kappa shape index (κ1) is 25.2. The number of furan rings is 1. The third-order valence-electron chi connectivity index (χ3n) is 6.15. The molecule has 1 saturated heterocycles. The van der Waals surface area contributed by atoms with Crippen molar-refractivity contribution in [3.63, 3.8) is 0 Å². The first-order valence-corrected chi connectivity index (χ1v) is 13.0. The lowest BCUT2D eigenvalue weighted by molar-refractivity contribution is -0.132. The van der Waals surface area contributed by atoms with Crippen molar-refractivity contribution in [2.24, 2.45) is 0 Å². The van der Waals surface area contributed by atoms with Crippen LogP contribution in [-0.2, 0) is 14.6 Å². The summed E-state index contributed by atoms with van der Waals surface area (Å²) in [6.07, 6.45) is 1.28. The molecule has 1 N–H and O–H groups in total. The Morgan fingerprint density at radius 1 is 0.861 bits per heavy atom. The lowest BCUT2D eigenvalue weighted by Gasteiger charge is -2.36. The number of hydrogen-bond acceptors (Lipinski definition) is 6. The molecule has 1 aromatic heterocycles. The Labute approximate surface area is 209 Å². The number of amides is 3. The van der Waals surface area contributed by atoms with E-state index in [1.54, 1.807) is 29.2 Å². The fourth-order valence-electron chi connectivity index (χ4n) is 4.01. The van der Waals surface area contributed by atoms with Crippen LogP contribution in [0.3, 0.4) is 0 Å². The van der Waals surface area contributed by atoms with Gasteiger partial charge in [-0.15, -0.1) is 0 Å². The fraction of sp³-hybridized carbons (Fsp3) is 0.269. The maximum Gasteiger partial charge on any atom is 0.288 e. The van der Waals surface area contributed by atoms with E-state index in [9.17, 15) is 22.8 Å². The maximum absolute atomic E-state index is 13.5. The summed E-state index contributed by atoms with van der Waals surface area (Å²) in [7, 11) is -4.28. The van der Waals surface area contributed by atoms with E-state index in [0.717, 1.165) is 11.1 Å². The van der Waals surface area contributed by atoms with E-state index < -0.39 is 27.0 Å². The SMILES string of the molecule is Cc1ccc(S(=O)(=O)[C@@H](NC(=O)c2ccco2)C(=O)N2CCN(C(=O)c3ccccc3C)CC2)cc1. The molecule has 10 heteroatoms. The predicted octanol–water partition coefficient (Wildman–Crippen LogP) is 2.41. The lowest BCUT2D eigenvalue weighted by Crippen LogP contribution is -2.57. The molecular weight excluding hydrogens is 482 g/mol. The van der Waals surface area contributed by atoms with Gasteiger partial charge < -0.3 is 19.5 Å². The van der Waals surface area contributed by atoms with Crippen molar-refractivity contribution in [1.82, 2.24) is 15.1 Å². The number of aryl methyl sites for hydroxylation is 2. The zero-order valence-corrected chi connectivity index (χ0v) is 20.8. The minimum Gasteiger partial charge on any atom is -0.459 e. The summed E-state index contributed by atoms with van der Waals surface area (Å²) in [6, 6.07) is 16.2. The zero-order chi connectivity index (χ0) is 25.9. The van der Waals surface area contributed by atoms with Crippen molar-refractivity contribution in [3.8, 4) is 0 Å². The van der Waals surface area contributed by atoms with Gasteiger partial charge in [-0.2, -0.15) is 0 Å². The van der Waals surface area contributed by atoms with Crippen LogP contribution >= 0.6 is 0 Å². The topological polar surface area (TPSA) is 117 Å². The standard InChI is InChI=1S/C26H27N3O6S/c1-18-9-11-20(12-10-18)36(33,34)24(27-23(30)22-8-5-17-35-22)26(32)29-15-13-28(14-16-29)25(31)21-7-4-3-6-19(21)2/h3-12,17,24H,13-16H2,1-2H3,(H,27,30)/t24-/m1/s1. The van der Waals surface area contributed by atoms with Gasteiger partial charge in [0.15, 0.2) is 5.76 Å². The number of sulfone groups is 1. The van der Waals surface area contributed by atoms with Crippen LogP contribution in [0.4, 0.5) is 0 Å². The first-order valence-electron chi connectivity index (χ1n) is 11.5. The largest absolute Gasteiger partial charge is 0.459 e. The van der Waals surface area contributed by atoms with E-state index in [0.29, 0.717) is 5.56 Å². The normalized spacial score (nSPS) is 14.8. The summed E-state index contributed by atoms with van der Waals surface area (Å²) in [5.41, 5.74) is 2.29. The van der Waals surface area contributed by atoms with E-state index in [2.05, 4.69) is 5.32 Å². The monoisotopic (exact) mass is 509 g/mol. The Hall–Kier alpha value is -3.92. The Bertz CT molecular complexity index is 1360. The number of nitrogens with zero attached hydrogens (tertiary/aromatic N) is 2. The van der Waals surface area contributed by atoms with Gasteiger partial charge in [-0.25, -0.2) is 8.42 Å². The number of carbonyl (C=O) groups is 3. The van der Waals surface area contributed by atoms with Gasteiger partial charge in [0.1, 0.15) is 0 Å². The molecule has 4 rings (SSSR count). The van der Waals surface area contributed by atoms with Gasteiger partial charge >= 0.3 is 0 Å². The Balaban J connectivity index is 1.54. The van der Waals surface area contributed by atoms with Crippen molar-refractivity contribution in [3.05, 3.63) is 89.4 Å². The molecule has 1 aliphatic heterocycles. The number of hydrogen-bond donors (Lipinski definition) is 1. The molecule has 0 saturated carbocycles.